The number of nitrogens with zero attached hydrogens (tertiary/aromatic N) is 3. The third kappa shape index (κ3) is 1.52. The van der Waals surface area contributed by atoms with Crippen LogP contribution in [0.2, 0.25) is 0 Å². The summed E-state index contributed by atoms with van der Waals surface area (Å²) < 4.78 is 26.6. The first-order chi connectivity index (χ1) is 7.65. The molecule has 0 aliphatic carbocycles. The number of nitriles is 1. The first-order valence-corrected chi connectivity index (χ1v) is 4.79. The molecule has 1 atom stereocenters. The molecule has 16 heavy (non-hydrogen) atoms. The second-order valence-electron chi connectivity index (χ2n) is 3.46. The van der Waals surface area contributed by atoms with Crippen LogP contribution in [0.15, 0.2) is 24.3 Å². The van der Waals surface area contributed by atoms with Gasteiger partial charge in [-0.1, -0.05) is 12.1 Å². The van der Waals surface area contributed by atoms with Gasteiger partial charge >= 0.3 is 6.55 Å². The molecule has 1 aromatic carbocycles. The molecule has 0 fully saturated rings. The number of fused-ring (bicyclic) bond motifs is 1. The van der Waals surface area contributed by atoms with Crippen LogP contribution in [0.3, 0.4) is 0 Å². The Morgan fingerprint density at radius 3 is 2.69 bits per heavy atom. The van der Waals surface area contributed by atoms with Gasteiger partial charge in [-0.2, -0.15) is 14.0 Å². The summed E-state index contributed by atoms with van der Waals surface area (Å²) in [5, 5.41) is 8.77. The SMILES string of the molecule is C[C@H](C#N)c1nc2ccccc2n1C(F)F. The van der Waals surface area contributed by atoms with Gasteiger partial charge in [0.1, 0.15) is 11.7 Å². The molecule has 0 radical (unpaired) electrons. The normalized spacial score (nSPS) is 12.9. The van der Waals surface area contributed by atoms with Crippen LogP contribution >= 0.6 is 0 Å². The molecule has 82 valence electrons. The van der Waals surface area contributed by atoms with Crippen LogP contribution in [-0.2, 0) is 0 Å². The second kappa shape index (κ2) is 3.89. The van der Waals surface area contributed by atoms with E-state index < -0.39 is 12.5 Å². The highest BCUT2D eigenvalue weighted by Crippen LogP contribution is 2.26. The number of alkyl halides is 2. The van der Waals surface area contributed by atoms with Gasteiger partial charge < -0.3 is 0 Å². The van der Waals surface area contributed by atoms with E-state index in [1.807, 2.05) is 6.07 Å². The van der Waals surface area contributed by atoms with Crippen molar-refractivity contribution in [2.75, 3.05) is 0 Å². The molecule has 1 heterocycles. The number of rotatable bonds is 2. The molecule has 0 aliphatic rings. The van der Waals surface area contributed by atoms with Crippen molar-refractivity contribution in [1.29, 1.82) is 5.26 Å². The van der Waals surface area contributed by atoms with Gasteiger partial charge in [0.25, 0.3) is 0 Å². The van der Waals surface area contributed by atoms with E-state index in [1.54, 1.807) is 31.2 Å². The predicted molar refractivity (Wildman–Crippen MR) is 55.0 cm³/mol. The van der Waals surface area contributed by atoms with Crippen LogP contribution in [0.4, 0.5) is 8.78 Å². The lowest BCUT2D eigenvalue weighted by Gasteiger charge is -2.08. The average molecular weight is 221 g/mol. The number of hydrogen-bond acceptors (Lipinski definition) is 2. The molecule has 0 saturated heterocycles. The molecule has 0 bridgehead atoms. The molecule has 1 aromatic heterocycles. The maximum absolute atomic E-state index is 12.9. The molecule has 3 nitrogen and oxygen atoms in total. The fourth-order valence-electron chi connectivity index (χ4n) is 1.63. The number of aromatic nitrogens is 2. The van der Waals surface area contributed by atoms with Gasteiger partial charge in [0.2, 0.25) is 0 Å². The summed E-state index contributed by atoms with van der Waals surface area (Å²) in [6.45, 7) is -1.13. The van der Waals surface area contributed by atoms with Gasteiger partial charge in [-0.15, -0.1) is 0 Å². The van der Waals surface area contributed by atoms with E-state index in [0.717, 1.165) is 4.57 Å². The zero-order chi connectivity index (χ0) is 11.7. The molecule has 0 spiro atoms. The van der Waals surface area contributed by atoms with Crippen molar-refractivity contribution in [2.24, 2.45) is 0 Å². The van der Waals surface area contributed by atoms with Gasteiger partial charge in [-0.25, -0.2) is 4.98 Å². The fraction of sp³-hybridized carbons (Fsp3) is 0.273. The summed E-state index contributed by atoms with van der Waals surface area (Å²) in [7, 11) is 0. The van der Waals surface area contributed by atoms with E-state index in [-0.39, 0.29) is 5.82 Å². The van der Waals surface area contributed by atoms with E-state index in [1.165, 1.54) is 0 Å². The Balaban J connectivity index is 2.74. The van der Waals surface area contributed by atoms with E-state index >= 15 is 0 Å². The lowest BCUT2D eigenvalue weighted by atomic mass is 10.2. The minimum Gasteiger partial charge on any atom is -0.269 e. The second-order valence-corrected chi connectivity index (χ2v) is 3.46. The van der Waals surface area contributed by atoms with Gasteiger partial charge in [-0.3, -0.25) is 4.57 Å². The Hall–Kier alpha value is -1.96. The van der Waals surface area contributed by atoms with Crippen LogP contribution in [0.5, 0.6) is 0 Å². The maximum atomic E-state index is 12.9. The average Bonchev–Trinajstić information content (AvgIpc) is 2.67. The molecule has 2 rings (SSSR count). The molecule has 0 aliphatic heterocycles. The summed E-state index contributed by atoms with van der Waals surface area (Å²) in [5.74, 6) is -0.542. The number of para-hydroxylation sites is 2. The van der Waals surface area contributed by atoms with Crippen molar-refractivity contribution in [3.05, 3.63) is 30.1 Å². The molecule has 0 unspecified atom stereocenters. The standard InChI is InChI=1S/C11H9F2N3/c1-7(6-14)10-15-8-4-2-3-5-9(8)16(10)11(12)13/h2-5,7,11H,1H3/t7-/m1/s1. The lowest BCUT2D eigenvalue weighted by molar-refractivity contribution is 0.0711. The van der Waals surface area contributed by atoms with E-state index in [2.05, 4.69) is 4.98 Å². The first-order valence-electron chi connectivity index (χ1n) is 4.79. The van der Waals surface area contributed by atoms with E-state index in [0.29, 0.717) is 11.0 Å². The highest BCUT2D eigenvalue weighted by molar-refractivity contribution is 5.76. The van der Waals surface area contributed by atoms with Gasteiger partial charge in [0.15, 0.2) is 0 Å². The lowest BCUT2D eigenvalue weighted by Crippen LogP contribution is -2.06. The van der Waals surface area contributed by atoms with Crippen LogP contribution in [-0.4, -0.2) is 9.55 Å². The number of hydrogen-bond donors (Lipinski definition) is 0. The quantitative estimate of drug-likeness (QED) is 0.782. The van der Waals surface area contributed by atoms with Crippen molar-refractivity contribution >= 4 is 11.0 Å². The van der Waals surface area contributed by atoms with Crippen LogP contribution < -0.4 is 0 Å². The Morgan fingerprint density at radius 1 is 1.38 bits per heavy atom. The largest absolute Gasteiger partial charge is 0.320 e. The maximum Gasteiger partial charge on any atom is 0.320 e. The van der Waals surface area contributed by atoms with Crippen molar-refractivity contribution in [2.45, 2.75) is 19.4 Å². The van der Waals surface area contributed by atoms with Crippen molar-refractivity contribution < 1.29 is 8.78 Å². The highest BCUT2D eigenvalue weighted by Gasteiger charge is 2.21. The Kier molecular flexibility index (Phi) is 2.57. The van der Waals surface area contributed by atoms with E-state index in [9.17, 15) is 8.78 Å². The molecule has 2 aromatic rings. The summed E-state index contributed by atoms with van der Waals surface area (Å²) in [6.07, 6.45) is 0. The third-order valence-corrected chi connectivity index (χ3v) is 2.40. The van der Waals surface area contributed by atoms with Gasteiger partial charge in [-0.05, 0) is 19.1 Å². The Bertz CT molecular complexity index is 554. The molecular formula is C11H9F2N3. The topological polar surface area (TPSA) is 41.6 Å². The Morgan fingerprint density at radius 2 is 2.06 bits per heavy atom. The molecule has 0 saturated carbocycles. The van der Waals surface area contributed by atoms with Crippen molar-refractivity contribution in [1.82, 2.24) is 9.55 Å². The Labute approximate surface area is 90.9 Å². The van der Waals surface area contributed by atoms with Gasteiger partial charge in [0.05, 0.1) is 17.1 Å². The molecule has 0 amide bonds. The summed E-state index contributed by atoms with van der Waals surface area (Å²) in [4.78, 5) is 4.07. The number of imidazole rings is 1. The fourth-order valence-corrected chi connectivity index (χ4v) is 1.63. The molecular weight excluding hydrogens is 212 g/mol. The zero-order valence-corrected chi connectivity index (χ0v) is 8.56. The minimum absolute atomic E-state index is 0.110. The molecule has 0 N–H and O–H groups in total. The summed E-state index contributed by atoms with van der Waals surface area (Å²) in [6, 6.07) is 8.55. The summed E-state index contributed by atoms with van der Waals surface area (Å²) >= 11 is 0. The van der Waals surface area contributed by atoms with Crippen LogP contribution in [0.1, 0.15) is 25.2 Å². The monoisotopic (exact) mass is 221 g/mol. The summed E-state index contributed by atoms with van der Waals surface area (Å²) in [5.41, 5.74) is 0.842. The molecule has 5 heteroatoms. The van der Waals surface area contributed by atoms with Crippen molar-refractivity contribution in [3.63, 3.8) is 0 Å². The van der Waals surface area contributed by atoms with E-state index in [4.69, 9.17) is 5.26 Å². The van der Waals surface area contributed by atoms with Crippen LogP contribution in [0, 0.1) is 11.3 Å². The van der Waals surface area contributed by atoms with Gasteiger partial charge in [0, 0.05) is 0 Å². The van der Waals surface area contributed by atoms with Crippen molar-refractivity contribution in [3.8, 4) is 6.07 Å². The minimum atomic E-state index is -2.68. The number of halogens is 2. The third-order valence-electron chi connectivity index (χ3n) is 2.40. The van der Waals surface area contributed by atoms with Crippen LogP contribution in [0.25, 0.3) is 11.0 Å². The zero-order valence-electron chi connectivity index (χ0n) is 8.56. The smallest absolute Gasteiger partial charge is 0.269 e. The highest BCUT2D eigenvalue weighted by atomic mass is 19.3. The number of benzene rings is 1. The first kappa shape index (κ1) is 10.6. The predicted octanol–water partition coefficient (Wildman–Crippen LogP) is 3.06.